The van der Waals surface area contributed by atoms with Crippen LogP contribution in [0, 0.1) is 5.82 Å². The van der Waals surface area contributed by atoms with E-state index in [2.05, 4.69) is 25.9 Å². The van der Waals surface area contributed by atoms with Crippen LogP contribution in [0.1, 0.15) is 53.5 Å². The van der Waals surface area contributed by atoms with E-state index in [0.717, 1.165) is 25.7 Å². The lowest BCUT2D eigenvalue weighted by Gasteiger charge is -2.13. The molecule has 7 nitrogen and oxygen atoms in total. The second-order valence-electron chi connectivity index (χ2n) is 7.54. The van der Waals surface area contributed by atoms with Crippen LogP contribution in [-0.4, -0.2) is 41.4 Å². The quantitative estimate of drug-likeness (QED) is 0.460. The molecule has 2 heterocycles. The lowest BCUT2D eigenvalue weighted by atomic mass is 10.1. The molecule has 0 saturated heterocycles. The summed E-state index contributed by atoms with van der Waals surface area (Å²) in [5.74, 6) is -0.953. The lowest BCUT2D eigenvalue weighted by molar-refractivity contribution is 0.0942. The molecule has 3 N–H and O–H groups in total. The third kappa shape index (κ3) is 4.51. The molecule has 1 aliphatic carbocycles. The molecule has 0 bridgehead atoms. The number of aromatic nitrogens is 2. The average molecular weight is 442 g/mol. The van der Waals surface area contributed by atoms with Crippen molar-refractivity contribution in [3.05, 3.63) is 40.8 Å². The van der Waals surface area contributed by atoms with Crippen LogP contribution in [-0.2, 0) is 0 Å². The van der Waals surface area contributed by atoms with Crippen molar-refractivity contribution in [2.24, 2.45) is 0 Å². The molecule has 0 spiro atoms. The van der Waals surface area contributed by atoms with Gasteiger partial charge in [0.05, 0.1) is 16.8 Å². The smallest absolute Gasteiger partial charge is 0.270 e. The first kappa shape index (κ1) is 21.2. The number of carbonyl (C=O) groups is 2. The Morgan fingerprint density at radius 3 is 2.77 bits per heavy atom. The number of unbranched alkanes of at least 4 members (excludes halogenated alkanes) is 1. The number of fused-ring (bicyclic) bond motifs is 1. The summed E-state index contributed by atoms with van der Waals surface area (Å²) >= 11 is 1.20. The number of halogens is 1. The highest BCUT2D eigenvalue weighted by molar-refractivity contribution is 7.13. The molecule has 1 aromatic carbocycles. The molecule has 9 heteroatoms. The molecule has 2 amide bonds. The van der Waals surface area contributed by atoms with E-state index in [0.29, 0.717) is 33.7 Å². The van der Waals surface area contributed by atoms with Gasteiger partial charge in [-0.3, -0.25) is 14.6 Å². The summed E-state index contributed by atoms with van der Waals surface area (Å²) < 4.78 is 14.9. The standard InChI is InChI=1S/C22H24FN5O2S/c1-3-4-7-25-21(30)18-11-31-22(28-18)13-8-14-17(9-16(13)23)26-10-15(19(14)24-2)20(29)27-12-5-6-12/h8-12H,3-7H2,1-2H3,(H,24,26)(H,25,30)(H,27,29). The predicted octanol–water partition coefficient (Wildman–Crippen LogP) is 3.96. The highest BCUT2D eigenvalue weighted by Gasteiger charge is 2.26. The zero-order chi connectivity index (χ0) is 22.0. The fourth-order valence-corrected chi connectivity index (χ4v) is 4.10. The first-order valence-electron chi connectivity index (χ1n) is 10.4. The highest BCUT2D eigenvalue weighted by atomic mass is 32.1. The van der Waals surface area contributed by atoms with E-state index < -0.39 is 5.82 Å². The molecule has 1 aliphatic rings. The van der Waals surface area contributed by atoms with E-state index in [1.165, 1.54) is 23.6 Å². The van der Waals surface area contributed by atoms with Crippen LogP contribution >= 0.6 is 11.3 Å². The molecule has 2 aromatic heterocycles. The molecule has 1 saturated carbocycles. The van der Waals surface area contributed by atoms with Crippen LogP contribution in [0.25, 0.3) is 21.5 Å². The second kappa shape index (κ2) is 8.97. The van der Waals surface area contributed by atoms with Crippen LogP contribution in [0.5, 0.6) is 0 Å². The molecular formula is C22H24FN5O2S. The molecule has 0 atom stereocenters. The number of hydrogen-bond acceptors (Lipinski definition) is 6. The number of nitrogens with zero attached hydrogens (tertiary/aromatic N) is 2. The van der Waals surface area contributed by atoms with Crippen LogP contribution in [0.2, 0.25) is 0 Å². The van der Waals surface area contributed by atoms with E-state index in [1.807, 2.05) is 6.92 Å². The summed E-state index contributed by atoms with van der Waals surface area (Å²) in [5, 5.41) is 11.5. The minimum Gasteiger partial charge on any atom is -0.387 e. The van der Waals surface area contributed by atoms with Gasteiger partial charge in [0, 0.05) is 48.2 Å². The number of thiazole rings is 1. The molecule has 3 aromatic rings. The highest BCUT2D eigenvalue weighted by Crippen LogP contribution is 2.34. The zero-order valence-electron chi connectivity index (χ0n) is 17.4. The number of carbonyl (C=O) groups excluding carboxylic acids is 2. The number of anilines is 1. The summed E-state index contributed by atoms with van der Waals surface area (Å²) in [6, 6.07) is 3.18. The van der Waals surface area contributed by atoms with Gasteiger partial charge in [0.2, 0.25) is 0 Å². The summed E-state index contributed by atoms with van der Waals surface area (Å²) in [6.45, 7) is 2.63. The Labute approximate surface area is 183 Å². The second-order valence-corrected chi connectivity index (χ2v) is 8.40. The maximum Gasteiger partial charge on any atom is 0.270 e. The molecule has 1 fully saturated rings. The average Bonchev–Trinajstić information content (AvgIpc) is 3.44. The summed E-state index contributed by atoms with van der Waals surface area (Å²) in [7, 11) is 1.72. The van der Waals surface area contributed by atoms with E-state index in [4.69, 9.17) is 0 Å². The van der Waals surface area contributed by atoms with Gasteiger partial charge in [0.15, 0.2) is 0 Å². The number of hydrogen-bond donors (Lipinski definition) is 3. The van der Waals surface area contributed by atoms with Gasteiger partial charge in [-0.2, -0.15) is 0 Å². The van der Waals surface area contributed by atoms with Gasteiger partial charge in [-0.05, 0) is 25.3 Å². The number of rotatable bonds is 8. The van der Waals surface area contributed by atoms with Gasteiger partial charge >= 0.3 is 0 Å². The lowest BCUT2D eigenvalue weighted by Crippen LogP contribution is -2.26. The van der Waals surface area contributed by atoms with E-state index >= 15 is 0 Å². The van der Waals surface area contributed by atoms with Gasteiger partial charge in [-0.25, -0.2) is 9.37 Å². The fourth-order valence-electron chi connectivity index (χ4n) is 3.28. The number of benzene rings is 1. The van der Waals surface area contributed by atoms with Crippen molar-refractivity contribution >= 4 is 39.7 Å². The van der Waals surface area contributed by atoms with Crippen molar-refractivity contribution in [1.29, 1.82) is 0 Å². The van der Waals surface area contributed by atoms with Gasteiger partial charge in [-0.1, -0.05) is 13.3 Å². The Bertz CT molecular complexity index is 1140. The first-order chi connectivity index (χ1) is 15.0. The Hall–Kier alpha value is -3.07. The Morgan fingerprint density at radius 1 is 1.26 bits per heavy atom. The van der Waals surface area contributed by atoms with Crippen LogP contribution in [0.4, 0.5) is 10.1 Å². The van der Waals surface area contributed by atoms with Crippen molar-refractivity contribution in [3.8, 4) is 10.6 Å². The largest absolute Gasteiger partial charge is 0.387 e. The van der Waals surface area contributed by atoms with E-state index in [-0.39, 0.29) is 29.1 Å². The Morgan fingerprint density at radius 2 is 2.06 bits per heavy atom. The monoisotopic (exact) mass is 441 g/mol. The van der Waals surface area contributed by atoms with Crippen LogP contribution < -0.4 is 16.0 Å². The van der Waals surface area contributed by atoms with Crippen molar-refractivity contribution in [1.82, 2.24) is 20.6 Å². The SMILES string of the molecule is CCCCNC(=O)c1csc(-c2cc3c(NC)c(C(=O)NC4CC4)cnc3cc2F)n1. The van der Waals surface area contributed by atoms with Gasteiger partial charge in [0.1, 0.15) is 16.5 Å². The Balaban J connectivity index is 1.69. The number of amides is 2. The third-order valence-corrected chi connectivity index (χ3v) is 6.02. The fraction of sp³-hybridized carbons (Fsp3) is 0.364. The van der Waals surface area contributed by atoms with E-state index in [9.17, 15) is 14.0 Å². The minimum atomic E-state index is -0.482. The zero-order valence-corrected chi connectivity index (χ0v) is 18.2. The topological polar surface area (TPSA) is 96.0 Å². The molecule has 4 rings (SSSR count). The molecule has 0 aliphatic heterocycles. The maximum absolute atomic E-state index is 14.9. The molecule has 31 heavy (non-hydrogen) atoms. The van der Waals surface area contributed by atoms with E-state index in [1.54, 1.807) is 18.5 Å². The normalized spacial score (nSPS) is 13.3. The van der Waals surface area contributed by atoms with Gasteiger partial charge in [0.25, 0.3) is 11.8 Å². The van der Waals surface area contributed by atoms with Crippen molar-refractivity contribution in [2.75, 3.05) is 18.9 Å². The molecule has 162 valence electrons. The van der Waals surface area contributed by atoms with Crippen molar-refractivity contribution < 1.29 is 14.0 Å². The molecule has 0 radical (unpaired) electrons. The predicted molar refractivity (Wildman–Crippen MR) is 120 cm³/mol. The molecule has 0 unspecified atom stereocenters. The van der Waals surface area contributed by atoms with Crippen molar-refractivity contribution in [2.45, 2.75) is 38.6 Å². The first-order valence-corrected chi connectivity index (χ1v) is 11.2. The van der Waals surface area contributed by atoms with Gasteiger partial charge in [-0.15, -0.1) is 11.3 Å². The summed E-state index contributed by atoms with van der Waals surface area (Å²) in [4.78, 5) is 33.5. The summed E-state index contributed by atoms with van der Waals surface area (Å²) in [5.41, 5.74) is 1.96. The Kier molecular flexibility index (Phi) is 6.13. The third-order valence-electron chi connectivity index (χ3n) is 5.15. The van der Waals surface area contributed by atoms with Crippen molar-refractivity contribution in [3.63, 3.8) is 0 Å². The number of nitrogens with one attached hydrogen (secondary N) is 3. The summed E-state index contributed by atoms with van der Waals surface area (Å²) in [6.07, 6.45) is 5.30. The number of pyridine rings is 1. The van der Waals surface area contributed by atoms with Gasteiger partial charge < -0.3 is 16.0 Å². The molecular weight excluding hydrogens is 417 g/mol. The minimum absolute atomic E-state index is 0.201. The van der Waals surface area contributed by atoms with Crippen LogP contribution in [0.15, 0.2) is 23.7 Å². The van der Waals surface area contributed by atoms with Crippen LogP contribution in [0.3, 0.4) is 0 Å². The maximum atomic E-state index is 14.9.